The number of morpholine rings is 1. The molecule has 0 saturated carbocycles. The fraction of sp³-hybridized carbons (Fsp3) is 0.538. The molecule has 0 aromatic heterocycles. The molecule has 1 saturated heterocycles. The van der Waals surface area contributed by atoms with Gasteiger partial charge in [0, 0.05) is 18.1 Å². The lowest BCUT2D eigenvalue weighted by Crippen LogP contribution is -2.54. The molecule has 1 fully saturated rings. The summed E-state index contributed by atoms with van der Waals surface area (Å²) in [5, 5.41) is 0.755. The van der Waals surface area contributed by atoms with Crippen molar-refractivity contribution in [3.63, 3.8) is 0 Å². The smallest absolute Gasteiger partial charge is 0.0871 e. The zero-order valence-corrected chi connectivity index (χ0v) is 11.4. The zero-order valence-electron chi connectivity index (χ0n) is 10.6. The van der Waals surface area contributed by atoms with E-state index in [1.54, 1.807) is 0 Å². The fourth-order valence-corrected chi connectivity index (χ4v) is 2.48. The molecule has 1 aliphatic heterocycles. The van der Waals surface area contributed by atoms with Crippen LogP contribution in [0.1, 0.15) is 5.56 Å². The second-order valence-electron chi connectivity index (χ2n) is 4.78. The van der Waals surface area contributed by atoms with Crippen LogP contribution in [0.15, 0.2) is 24.3 Å². The van der Waals surface area contributed by atoms with E-state index in [2.05, 4.69) is 23.4 Å². The molecule has 3 N–H and O–H groups in total. The third-order valence-corrected chi connectivity index (χ3v) is 3.54. The number of hydrogen-bond acceptors (Lipinski definition) is 4. The average Bonchev–Trinajstić information content (AvgIpc) is 2.36. The quantitative estimate of drug-likeness (QED) is 0.634. The summed E-state index contributed by atoms with van der Waals surface area (Å²) in [7, 11) is 2.10. The number of ether oxygens (including phenoxy) is 1. The van der Waals surface area contributed by atoms with Crippen LogP contribution in [0.3, 0.4) is 0 Å². The minimum Gasteiger partial charge on any atom is -0.374 e. The van der Waals surface area contributed by atoms with Gasteiger partial charge in [-0.3, -0.25) is 11.3 Å². The van der Waals surface area contributed by atoms with E-state index in [1.165, 1.54) is 5.56 Å². The molecule has 1 heterocycles. The molecule has 1 aromatic carbocycles. The van der Waals surface area contributed by atoms with Crippen molar-refractivity contribution < 1.29 is 4.74 Å². The van der Waals surface area contributed by atoms with E-state index in [-0.39, 0.29) is 12.1 Å². The summed E-state index contributed by atoms with van der Waals surface area (Å²) < 4.78 is 5.79. The monoisotopic (exact) mass is 269 g/mol. The van der Waals surface area contributed by atoms with Gasteiger partial charge in [-0.1, -0.05) is 23.7 Å². The number of benzene rings is 1. The number of nitrogens with one attached hydrogen (secondary N) is 1. The van der Waals surface area contributed by atoms with Crippen LogP contribution >= 0.6 is 11.6 Å². The van der Waals surface area contributed by atoms with Crippen molar-refractivity contribution in [1.29, 1.82) is 0 Å². The minimum atomic E-state index is 0.103. The molecule has 1 aliphatic rings. The Bertz CT molecular complexity index is 388. The van der Waals surface area contributed by atoms with Gasteiger partial charge in [0.15, 0.2) is 0 Å². The van der Waals surface area contributed by atoms with Gasteiger partial charge in [0.25, 0.3) is 0 Å². The fourth-order valence-electron chi connectivity index (χ4n) is 2.27. The first kappa shape index (κ1) is 13.8. The molecule has 2 atom stereocenters. The van der Waals surface area contributed by atoms with Crippen LogP contribution in [-0.2, 0) is 11.2 Å². The van der Waals surface area contributed by atoms with Crippen molar-refractivity contribution in [2.24, 2.45) is 5.84 Å². The Morgan fingerprint density at radius 1 is 1.61 bits per heavy atom. The molecular weight excluding hydrogens is 250 g/mol. The highest BCUT2D eigenvalue weighted by Gasteiger charge is 2.26. The predicted octanol–water partition coefficient (Wildman–Crippen LogP) is 1.04. The molecule has 4 nitrogen and oxygen atoms in total. The first-order valence-electron chi connectivity index (χ1n) is 6.20. The zero-order chi connectivity index (χ0) is 13.0. The van der Waals surface area contributed by atoms with Crippen LogP contribution in [-0.4, -0.2) is 43.8 Å². The van der Waals surface area contributed by atoms with Gasteiger partial charge in [0.1, 0.15) is 0 Å². The number of hydrazine groups is 1. The van der Waals surface area contributed by atoms with Crippen molar-refractivity contribution >= 4 is 11.6 Å². The minimum absolute atomic E-state index is 0.103. The molecule has 100 valence electrons. The maximum Gasteiger partial charge on any atom is 0.0871 e. The van der Waals surface area contributed by atoms with Gasteiger partial charge in [-0.15, -0.1) is 0 Å². The molecule has 2 rings (SSSR count). The van der Waals surface area contributed by atoms with Gasteiger partial charge in [-0.05, 0) is 31.2 Å². The van der Waals surface area contributed by atoms with Crippen LogP contribution in [0.4, 0.5) is 0 Å². The summed E-state index contributed by atoms with van der Waals surface area (Å²) in [6.45, 7) is 2.63. The van der Waals surface area contributed by atoms with Gasteiger partial charge in [-0.2, -0.15) is 0 Å². The van der Waals surface area contributed by atoms with Crippen molar-refractivity contribution in [2.75, 3.05) is 26.7 Å². The topological polar surface area (TPSA) is 50.5 Å². The van der Waals surface area contributed by atoms with E-state index in [0.29, 0.717) is 0 Å². The molecule has 0 radical (unpaired) electrons. The Balaban J connectivity index is 2.00. The van der Waals surface area contributed by atoms with Gasteiger partial charge in [0.05, 0.1) is 18.8 Å². The first-order valence-corrected chi connectivity index (χ1v) is 6.57. The number of likely N-dealkylation sites (N-methyl/N-ethyl adjacent to an activating group) is 1. The number of nitrogens with two attached hydrogens (primary N) is 1. The number of rotatable bonds is 4. The Morgan fingerprint density at radius 2 is 2.44 bits per heavy atom. The number of halogens is 1. The van der Waals surface area contributed by atoms with E-state index in [0.717, 1.165) is 31.1 Å². The SMILES string of the molecule is CN1CCOC(C(Cc2cccc(Cl)c2)NN)C1. The standard InChI is InChI=1S/C13H20ClN3O/c1-17-5-6-18-13(9-17)12(16-15)8-10-3-2-4-11(14)7-10/h2-4,7,12-13,16H,5-6,8-9,15H2,1H3. The molecule has 18 heavy (non-hydrogen) atoms. The lowest BCUT2D eigenvalue weighted by atomic mass is 10.0. The van der Waals surface area contributed by atoms with E-state index in [4.69, 9.17) is 22.2 Å². The first-order chi connectivity index (χ1) is 8.69. The number of nitrogens with zero attached hydrogens (tertiary/aromatic N) is 1. The highest BCUT2D eigenvalue weighted by atomic mass is 35.5. The van der Waals surface area contributed by atoms with Gasteiger partial charge in [-0.25, -0.2) is 0 Å². The third-order valence-electron chi connectivity index (χ3n) is 3.30. The largest absolute Gasteiger partial charge is 0.374 e. The highest BCUT2D eigenvalue weighted by Crippen LogP contribution is 2.15. The summed E-state index contributed by atoms with van der Waals surface area (Å²) in [4.78, 5) is 2.26. The second kappa shape index (κ2) is 6.50. The second-order valence-corrected chi connectivity index (χ2v) is 5.22. The molecule has 0 amide bonds. The van der Waals surface area contributed by atoms with Crippen molar-refractivity contribution in [3.8, 4) is 0 Å². The summed E-state index contributed by atoms with van der Waals surface area (Å²) >= 11 is 5.99. The summed E-state index contributed by atoms with van der Waals surface area (Å²) in [5.41, 5.74) is 4.03. The molecule has 5 heteroatoms. The van der Waals surface area contributed by atoms with E-state index in [9.17, 15) is 0 Å². The van der Waals surface area contributed by atoms with Crippen LogP contribution in [0.5, 0.6) is 0 Å². The molecule has 0 spiro atoms. The van der Waals surface area contributed by atoms with Gasteiger partial charge < -0.3 is 9.64 Å². The molecule has 1 aromatic rings. The summed E-state index contributed by atoms with van der Waals surface area (Å²) in [6, 6.07) is 7.97. The summed E-state index contributed by atoms with van der Waals surface area (Å²) in [6.07, 6.45) is 0.933. The predicted molar refractivity (Wildman–Crippen MR) is 73.5 cm³/mol. The molecule has 2 unspecified atom stereocenters. The van der Waals surface area contributed by atoms with Crippen LogP contribution in [0, 0.1) is 0 Å². The van der Waals surface area contributed by atoms with E-state index >= 15 is 0 Å². The van der Waals surface area contributed by atoms with Crippen LogP contribution in [0.25, 0.3) is 0 Å². The lowest BCUT2D eigenvalue weighted by Gasteiger charge is -2.35. The Kier molecular flexibility index (Phi) is 4.97. The van der Waals surface area contributed by atoms with Crippen molar-refractivity contribution in [2.45, 2.75) is 18.6 Å². The van der Waals surface area contributed by atoms with Gasteiger partial charge in [0.2, 0.25) is 0 Å². The molecule has 0 bridgehead atoms. The number of hydrogen-bond donors (Lipinski definition) is 2. The van der Waals surface area contributed by atoms with Crippen molar-refractivity contribution in [1.82, 2.24) is 10.3 Å². The van der Waals surface area contributed by atoms with Crippen molar-refractivity contribution in [3.05, 3.63) is 34.9 Å². The van der Waals surface area contributed by atoms with Crippen LogP contribution in [0.2, 0.25) is 5.02 Å². The Morgan fingerprint density at radius 3 is 3.11 bits per heavy atom. The van der Waals surface area contributed by atoms with Crippen LogP contribution < -0.4 is 11.3 Å². The van der Waals surface area contributed by atoms with E-state index < -0.39 is 0 Å². The maximum atomic E-state index is 5.99. The Labute approximate surface area is 113 Å². The normalized spacial score (nSPS) is 22.9. The van der Waals surface area contributed by atoms with E-state index in [1.807, 2.05) is 18.2 Å². The highest BCUT2D eigenvalue weighted by molar-refractivity contribution is 6.30. The average molecular weight is 270 g/mol. The molecular formula is C13H20ClN3O. The maximum absolute atomic E-state index is 5.99. The van der Waals surface area contributed by atoms with Gasteiger partial charge >= 0.3 is 0 Å². The summed E-state index contributed by atoms with van der Waals surface area (Å²) in [5.74, 6) is 5.65. The third kappa shape index (κ3) is 3.67. The molecule has 0 aliphatic carbocycles. The Hall–Kier alpha value is -0.650. The lowest BCUT2D eigenvalue weighted by molar-refractivity contribution is -0.0384.